The van der Waals surface area contributed by atoms with Gasteiger partial charge in [-0.2, -0.15) is 5.10 Å². The molecule has 1 unspecified atom stereocenters. The maximum atomic E-state index is 13.5. The molecule has 0 radical (unpaired) electrons. The van der Waals surface area contributed by atoms with Crippen molar-refractivity contribution < 1.29 is 4.21 Å². The second-order valence-electron chi connectivity index (χ2n) is 9.21. The molecule has 1 saturated carbocycles. The van der Waals surface area contributed by atoms with Gasteiger partial charge < -0.3 is 0 Å². The molecule has 0 aliphatic heterocycles. The number of benzene rings is 1. The molecule has 0 amide bonds. The zero-order valence-electron chi connectivity index (χ0n) is 19.7. The van der Waals surface area contributed by atoms with Crippen LogP contribution in [0, 0.1) is 12.3 Å². The molecule has 6 nitrogen and oxygen atoms in total. The zero-order valence-corrected chi connectivity index (χ0v) is 20.5. The highest BCUT2D eigenvalue weighted by molar-refractivity contribution is 7.98. The average Bonchev–Trinajstić information content (AvgIpc) is 3.29. The van der Waals surface area contributed by atoms with Crippen molar-refractivity contribution in [3.8, 4) is 0 Å². The molecule has 7 heteroatoms. The molecule has 1 aromatic heterocycles. The maximum absolute atomic E-state index is 13.5. The molecular formula is C25H35N5OS. The van der Waals surface area contributed by atoms with E-state index in [2.05, 4.69) is 34.2 Å². The van der Waals surface area contributed by atoms with Crippen LogP contribution < -0.4 is 4.72 Å². The Balaban J connectivity index is 1.93. The zero-order chi connectivity index (χ0) is 23.4. The summed E-state index contributed by atoms with van der Waals surface area (Å²) >= 11 is 0. The van der Waals surface area contributed by atoms with Crippen molar-refractivity contribution in [2.24, 2.45) is 10.4 Å². The van der Waals surface area contributed by atoms with E-state index in [1.165, 1.54) is 25.6 Å². The van der Waals surface area contributed by atoms with E-state index in [4.69, 9.17) is 4.99 Å². The van der Waals surface area contributed by atoms with Crippen LogP contribution in [0.5, 0.6) is 0 Å². The summed E-state index contributed by atoms with van der Waals surface area (Å²) in [6.07, 6.45) is 10.9. The molecule has 1 N–H and O–H groups in total. The topological polar surface area (TPSA) is 72.2 Å². The number of nitrogens with one attached hydrogen (secondary N) is 1. The fourth-order valence-corrected chi connectivity index (χ4v) is 5.42. The van der Waals surface area contributed by atoms with E-state index in [1.54, 1.807) is 17.1 Å². The smallest absolute Gasteiger partial charge is 0.154 e. The number of hydrogen-bond acceptors (Lipinski definition) is 4. The van der Waals surface area contributed by atoms with Gasteiger partial charge in [0.25, 0.3) is 0 Å². The first-order valence-electron chi connectivity index (χ1n) is 11.1. The van der Waals surface area contributed by atoms with Gasteiger partial charge in [-0.15, -0.1) is 0 Å². The summed E-state index contributed by atoms with van der Waals surface area (Å²) in [5.74, 6) is 4.74. The maximum Gasteiger partial charge on any atom is 0.154 e. The third-order valence-corrected chi connectivity index (χ3v) is 7.79. The van der Waals surface area contributed by atoms with E-state index in [1.807, 2.05) is 39.0 Å². The van der Waals surface area contributed by atoms with Crippen LogP contribution in [0.25, 0.3) is 5.82 Å². The summed E-state index contributed by atoms with van der Waals surface area (Å²) in [4.78, 5) is 9.53. The predicted octanol–water partition coefficient (Wildman–Crippen LogP) is 5.02. The second-order valence-corrected chi connectivity index (χ2v) is 11.3. The summed E-state index contributed by atoms with van der Waals surface area (Å²) < 4.78 is 18.5. The SMILES string of the molecule is C=C/C(=N\C(=C(C)C)n1cncn1)c1cc(S(=C)(=O)NCC2(C)CCCCC2)ccc1C. The van der Waals surface area contributed by atoms with E-state index < -0.39 is 9.71 Å². The highest BCUT2D eigenvalue weighted by Crippen LogP contribution is 2.35. The summed E-state index contributed by atoms with van der Waals surface area (Å²) in [6.45, 7) is 12.9. The lowest BCUT2D eigenvalue weighted by molar-refractivity contribution is 0.220. The standard InChI is InChI=1S/C25H35N5OS/c1-7-23(29-24(19(2)3)30-18-26-17-27-30)22-15-21(12-11-20(22)4)32(6,31)28-16-25(5)13-9-8-10-14-25/h7,11-12,15,17-18H,1,6,8-10,13-14,16H2,2-5H3,(H,28,31)/b29-23+. The number of aliphatic imine (C=N–C) groups is 1. The van der Waals surface area contributed by atoms with Crippen LogP contribution in [0.4, 0.5) is 0 Å². The van der Waals surface area contributed by atoms with E-state index >= 15 is 0 Å². The lowest BCUT2D eigenvalue weighted by Gasteiger charge is -2.34. The van der Waals surface area contributed by atoms with Crippen molar-refractivity contribution in [2.75, 3.05) is 6.54 Å². The molecule has 172 valence electrons. The Labute approximate surface area is 192 Å². The van der Waals surface area contributed by atoms with Crippen molar-refractivity contribution in [2.45, 2.75) is 64.7 Å². The third-order valence-electron chi connectivity index (χ3n) is 6.16. The molecule has 3 rings (SSSR count). The van der Waals surface area contributed by atoms with Crippen molar-refractivity contribution >= 4 is 27.1 Å². The van der Waals surface area contributed by atoms with Crippen molar-refractivity contribution in [3.63, 3.8) is 0 Å². The molecule has 2 aromatic rings. The number of allylic oxidation sites excluding steroid dienone is 2. The Morgan fingerprint density at radius 2 is 2.03 bits per heavy atom. The van der Waals surface area contributed by atoms with Crippen LogP contribution in [-0.4, -0.2) is 37.1 Å². The number of rotatable bonds is 8. The van der Waals surface area contributed by atoms with E-state index in [-0.39, 0.29) is 5.41 Å². The molecule has 1 atom stereocenters. The van der Waals surface area contributed by atoms with Crippen LogP contribution >= 0.6 is 0 Å². The van der Waals surface area contributed by atoms with E-state index in [0.717, 1.165) is 29.5 Å². The molecule has 1 aliphatic rings. The Hall–Kier alpha value is -2.51. The van der Waals surface area contributed by atoms with Gasteiger partial charge >= 0.3 is 0 Å². The normalized spacial score (nSPS) is 18.1. The number of nitrogens with zero attached hydrogens (tertiary/aromatic N) is 4. The minimum absolute atomic E-state index is 0.177. The molecule has 0 spiro atoms. The van der Waals surface area contributed by atoms with E-state index in [9.17, 15) is 4.21 Å². The van der Waals surface area contributed by atoms with Crippen LogP contribution in [0.2, 0.25) is 0 Å². The Morgan fingerprint density at radius 1 is 1.31 bits per heavy atom. The molecule has 0 bridgehead atoms. The third kappa shape index (κ3) is 5.64. The first kappa shape index (κ1) is 24.1. The van der Waals surface area contributed by atoms with Gasteiger partial charge in [0.05, 0.1) is 15.4 Å². The van der Waals surface area contributed by atoms with Crippen molar-refractivity contribution in [1.29, 1.82) is 0 Å². The van der Waals surface area contributed by atoms with Gasteiger partial charge in [0.15, 0.2) is 5.82 Å². The van der Waals surface area contributed by atoms with Crippen molar-refractivity contribution in [3.05, 3.63) is 60.2 Å². The lowest BCUT2D eigenvalue weighted by atomic mass is 9.76. The average molecular weight is 454 g/mol. The molecule has 32 heavy (non-hydrogen) atoms. The monoisotopic (exact) mass is 453 g/mol. The van der Waals surface area contributed by atoms with Gasteiger partial charge in [0.1, 0.15) is 12.7 Å². The van der Waals surface area contributed by atoms with Crippen LogP contribution in [-0.2, 0) is 9.71 Å². The second kappa shape index (κ2) is 9.96. The summed E-state index contributed by atoms with van der Waals surface area (Å²) in [7, 11) is -2.65. The fraction of sp³-hybridized carbons (Fsp3) is 0.440. The first-order chi connectivity index (χ1) is 15.1. The summed E-state index contributed by atoms with van der Waals surface area (Å²) in [5.41, 5.74) is 3.75. The molecule has 0 saturated heterocycles. The van der Waals surface area contributed by atoms with Gasteiger partial charge in [-0.3, -0.25) is 0 Å². The molecule has 1 aromatic carbocycles. The van der Waals surface area contributed by atoms with Gasteiger partial charge in [-0.1, -0.05) is 38.8 Å². The van der Waals surface area contributed by atoms with Crippen molar-refractivity contribution in [1.82, 2.24) is 19.5 Å². The Kier molecular flexibility index (Phi) is 7.51. The minimum atomic E-state index is -2.65. The minimum Gasteiger partial charge on any atom is -0.248 e. The number of aryl methyl sites for hydroxylation is 1. The number of hydrogen-bond donors (Lipinski definition) is 1. The van der Waals surface area contributed by atoms with Gasteiger partial charge in [0.2, 0.25) is 0 Å². The predicted molar refractivity (Wildman–Crippen MR) is 135 cm³/mol. The molecular weight excluding hydrogens is 418 g/mol. The Morgan fingerprint density at radius 3 is 2.62 bits per heavy atom. The summed E-state index contributed by atoms with van der Waals surface area (Å²) in [5, 5.41) is 4.21. The lowest BCUT2D eigenvalue weighted by Crippen LogP contribution is -2.37. The van der Waals surface area contributed by atoms with Gasteiger partial charge in [0, 0.05) is 17.0 Å². The first-order valence-corrected chi connectivity index (χ1v) is 12.8. The van der Waals surface area contributed by atoms with Crippen LogP contribution in [0.3, 0.4) is 0 Å². The largest absolute Gasteiger partial charge is 0.248 e. The highest BCUT2D eigenvalue weighted by atomic mass is 32.2. The quantitative estimate of drug-likeness (QED) is 0.450. The molecule has 1 fully saturated rings. The fourth-order valence-electron chi connectivity index (χ4n) is 4.08. The van der Waals surface area contributed by atoms with Crippen LogP contribution in [0.15, 0.2) is 59.0 Å². The highest BCUT2D eigenvalue weighted by Gasteiger charge is 2.27. The number of aromatic nitrogens is 3. The van der Waals surface area contributed by atoms with Gasteiger partial charge in [-0.25, -0.2) is 23.6 Å². The van der Waals surface area contributed by atoms with E-state index in [0.29, 0.717) is 23.0 Å². The Bertz CT molecular complexity index is 1120. The molecule has 1 heterocycles. The molecule has 1 aliphatic carbocycles. The van der Waals surface area contributed by atoms with Crippen LogP contribution in [0.1, 0.15) is 64.0 Å². The van der Waals surface area contributed by atoms with Gasteiger partial charge in [-0.05, 0) is 74.2 Å². The summed E-state index contributed by atoms with van der Waals surface area (Å²) in [6, 6.07) is 5.78.